The van der Waals surface area contributed by atoms with Crippen molar-refractivity contribution in [3.63, 3.8) is 0 Å². The average molecular weight is 345 g/mol. The van der Waals surface area contributed by atoms with Gasteiger partial charge in [-0.15, -0.1) is 0 Å². The minimum Gasteiger partial charge on any atom is -0.396 e. The van der Waals surface area contributed by atoms with Crippen molar-refractivity contribution in [3.05, 3.63) is 57.8 Å². The molecule has 0 fully saturated rings. The standard InChI is InChI=1S/C13H8BrF3N2O/c14-7-4-10(17)12(5-9(7)16)19-13(20)6-1-2-8(15)11(18)3-6/h1-5H,18H2,(H,19,20). The lowest BCUT2D eigenvalue weighted by molar-refractivity contribution is 0.102. The fourth-order valence-electron chi connectivity index (χ4n) is 1.50. The molecule has 3 nitrogen and oxygen atoms in total. The minimum absolute atomic E-state index is 0.0339. The summed E-state index contributed by atoms with van der Waals surface area (Å²) in [5, 5.41) is 2.19. The second-order valence-electron chi connectivity index (χ2n) is 3.94. The van der Waals surface area contributed by atoms with Gasteiger partial charge >= 0.3 is 0 Å². The quantitative estimate of drug-likeness (QED) is 0.644. The lowest BCUT2D eigenvalue weighted by Crippen LogP contribution is -2.14. The van der Waals surface area contributed by atoms with E-state index < -0.39 is 23.4 Å². The normalized spacial score (nSPS) is 10.4. The van der Waals surface area contributed by atoms with Crippen LogP contribution in [0.3, 0.4) is 0 Å². The monoisotopic (exact) mass is 344 g/mol. The Kier molecular flexibility index (Phi) is 3.99. The zero-order valence-corrected chi connectivity index (χ0v) is 11.5. The van der Waals surface area contributed by atoms with Gasteiger partial charge in [-0.05, 0) is 40.2 Å². The fraction of sp³-hybridized carbons (Fsp3) is 0. The first-order valence-corrected chi connectivity index (χ1v) is 6.18. The number of nitrogen functional groups attached to an aromatic ring is 1. The third-order valence-electron chi connectivity index (χ3n) is 2.52. The number of nitrogens with two attached hydrogens (primary N) is 1. The summed E-state index contributed by atoms with van der Waals surface area (Å²) in [6.45, 7) is 0. The summed E-state index contributed by atoms with van der Waals surface area (Å²) in [7, 11) is 0. The molecule has 0 spiro atoms. The molecule has 0 aliphatic carbocycles. The third-order valence-corrected chi connectivity index (χ3v) is 3.12. The van der Waals surface area contributed by atoms with E-state index in [4.69, 9.17) is 5.73 Å². The fourth-order valence-corrected chi connectivity index (χ4v) is 1.81. The Morgan fingerprint density at radius 2 is 1.75 bits per heavy atom. The van der Waals surface area contributed by atoms with E-state index in [9.17, 15) is 18.0 Å². The molecule has 0 unspecified atom stereocenters. The molecule has 2 rings (SSSR count). The van der Waals surface area contributed by atoms with Crippen molar-refractivity contribution < 1.29 is 18.0 Å². The van der Waals surface area contributed by atoms with Crippen molar-refractivity contribution in [2.45, 2.75) is 0 Å². The number of hydrogen-bond donors (Lipinski definition) is 2. The molecule has 0 bridgehead atoms. The van der Waals surface area contributed by atoms with Gasteiger partial charge in [0.1, 0.15) is 17.5 Å². The minimum atomic E-state index is -0.804. The van der Waals surface area contributed by atoms with Crippen LogP contribution >= 0.6 is 15.9 Å². The average Bonchev–Trinajstić information content (AvgIpc) is 2.39. The van der Waals surface area contributed by atoms with E-state index in [1.165, 1.54) is 6.07 Å². The number of hydrogen-bond acceptors (Lipinski definition) is 2. The number of nitrogens with one attached hydrogen (secondary N) is 1. The predicted molar refractivity (Wildman–Crippen MR) is 72.8 cm³/mol. The van der Waals surface area contributed by atoms with Gasteiger partial charge in [0, 0.05) is 11.6 Å². The number of carbonyl (C=O) groups excluding carboxylic acids is 1. The first-order valence-electron chi connectivity index (χ1n) is 5.39. The van der Waals surface area contributed by atoms with Crippen molar-refractivity contribution in [1.82, 2.24) is 0 Å². The van der Waals surface area contributed by atoms with Crippen LogP contribution in [0.1, 0.15) is 10.4 Å². The van der Waals surface area contributed by atoms with Gasteiger partial charge in [-0.2, -0.15) is 0 Å². The zero-order valence-electron chi connectivity index (χ0n) is 9.88. The summed E-state index contributed by atoms with van der Waals surface area (Å²) in [4.78, 5) is 11.8. The Morgan fingerprint density at radius 3 is 2.40 bits per heavy atom. The highest BCUT2D eigenvalue weighted by atomic mass is 79.9. The maximum atomic E-state index is 13.6. The van der Waals surface area contributed by atoms with Crippen molar-refractivity contribution in [2.24, 2.45) is 0 Å². The highest BCUT2D eigenvalue weighted by Gasteiger charge is 2.13. The number of halogens is 4. The molecule has 3 N–H and O–H groups in total. The molecule has 104 valence electrons. The maximum Gasteiger partial charge on any atom is 0.255 e. The van der Waals surface area contributed by atoms with Gasteiger partial charge in [0.2, 0.25) is 0 Å². The summed E-state index contributed by atoms with van der Waals surface area (Å²) >= 11 is 2.82. The van der Waals surface area contributed by atoms with Gasteiger partial charge in [-0.25, -0.2) is 13.2 Å². The summed E-state index contributed by atoms with van der Waals surface area (Å²) in [5.74, 6) is -2.92. The van der Waals surface area contributed by atoms with E-state index in [1.807, 2.05) is 0 Å². The first kappa shape index (κ1) is 14.4. The first-order chi connectivity index (χ1) is 9.38. The van der Waals surface area contributed by atoms with Crippen LogP contribution in [0.25, 0.3) is 0 Å². The van der Waals surface area contributed by atoms with E-state index in [1.54, 1.807) is 0 Å². The summed E-state index contributed by atoms with van der Waals surface area (Å²) in [6, 6.07) is 5.04. The van der Waals surface area contributed by atoms with E-state index in [-0.39, 0.29) is 21.4 Å². The highest BCUT2D eigenvalue weighted by molar-refractivity contribution is 9.10. The Bertz CT molecular complexity index is 692. The molecule has 0 saturated heterocycles. The molecule has 0 radical (unpaired) electrons. The van der Waals surface area contributed by atoms with Gasteiger partial charge in [0.05, 0.1) is 15.8 Å². The summed E-state index contributed by atoms with van der Waals surface area (Å²) < 4.78 is 39.8. The second kappa shape index (κ2) is 5.54. The Balaban J connectivity index is 2.27. The highest BCUT2D eigenvalue weighted by Crippen LogP contribution is 2.24. The molecule has 0 aliphatic heterocycles. The van der Waals surface area contributed by atoms with Crippen LogP contribution in [-0.2, 0) is 0 Å². The van der Waals surface area contributed by atoms with Gasteiger partial charge < -0.3 is 11.1 Å². The molecular formula is C13H8BrF3N2O. The Morgan fingerprint density at radius 1 is 1.05 bits per heavy atom. The molecule has 7 heteroatoms. The van der Waals surface area contributed by atoms with Crippen molar-refractivity contribution >= 4 is 33.2 Å². The number of benzene rings is 2. The number of amides is 1. The Labute approximate surface area is 120 Å². The van der Waals surface area contributed by atoms with E-state index in [0.717, 1.165) is 24.3 Å². The largest absolute Gasteiger partial charge is 0.396 e. The predicted octanol–water partition coefficient (Wildman–Crippen LogP) is 3.70. The van der Waals surface area contributed by atoms with Crippen LogP contribution in [-0.4, -0.2) is 5.91 Å². The summed E-state index contributed by atoms with van der Waals surface area (Å²) in [6.07, 6.45) is 0. The van der Waals surface area contributed by atoms with E-state index >= 15 is 0 Å². The van der Waals surface area contributed by atoms with Crippen LogP contribution in [0.2, 0.25) is 0 Å². The van der Waals surface area contributed by atoms with Gasteiger partial charge in [0.15, 0.2) is 0 Å². The molecular weight excluding hydrogens is 337 g/mol. The van der Waals surface area contributed by atoms with Crippen molar-refractivity contribution in [3.8, 4) is 0 Å². The molecule has 2 aromatic rings. The van der Waals surface area contributed by atoms with E-state index in [0.29, 0.717) is 0 Å². The topological polar surface area (TPSA) is 55.1 Å². The molecule has 0 atom stereocenters. The van der Waals surface area contributed by atoms with Gasteiger partial charge in [0.25, 0.3) is 5.91 Å². The van der Waals surface area contributed by atoms with Gasteiger partial charge in [-0.1, -0.05) is 0 Å². The zero-order chi connectivity index (χ0) is 14.9. The molecule has 1 amide bonds. The van der Waals surface area contributed by atoms with Crippen LogP contribution < -0.4 is 11.1 Å². The maximum absolute atomic E-state index is 13.6. The van der Waals surface area contributed by atoms with Crippen molar-refractivity contribution in [2.75, 3.05) is 11.1 Å². The smallest absolute Gasteiger partial charge is 0.255 e. The molecule has 0 aromatic heterocycles. The third kappa shape index (κ3) is 2.93. The Hall–Kier alpha value is -2.02. The van der Waals surface area contributed by atoms with Crippen molar-refractivity contribution in [1.29, 1.82) is 0 Å². The van der Waals surface area contributed by atoms with E-state index in [2.05, 4.69) is 21.2 Å². The molecule has 0 heterocycles. The SMILES string of the molecule is Nc1cc(C(=O)Nc2cc(F)c(Br)cc2F)ccc1F. The van der Waals surface area contributed by atoms with Crippen LogP contribution in [0, 0.1) is 17.5 Å². The second-order valence-corrected chi connectivity index (χ2v) is 4.79. The van der Waals surface area contributed by atoms with Crippen LogP contribution in [0.15, 0.2) is 34.8 Å². The lowest BCUT2D eigenvalue weighted by Gasteiger charge is -2.08. The van der Waals surface area contributed by atoms with Crippen LogP contribution in [0.4, 0.5) is 24.5 Å². The number of carbonyl (C=O) groups is 1. The molecule has 20 heavy (non-hydrogen) atoms. The number of anilines is 2. The number of rotatable bonds is 2. The molecule has 0 aliphatic rings. The molecule has 2 aromatic carbocycles. The van der Waals surface area contributed by atoms with Gasteiger partial charge in [-0.3, -0.25) is 4.79 Å². The summed E-state index contributed by atoms with van der Waals surface area (Å²) in [5.41, 5.74) is 4.84. The van der Waals surface area contributed by atoms with Crippen LogP contribution in [0.5, 0.6) is 0 Å². The molecule has 0 saturated carbocycles. The lowest BCUT2D eigenvalue weighted by atomic mass is 10.1.